The molecular weight excluding hydrogens is 548 g/mol. The zero-order valence-corrected chi connectivity index (χ0v) is 32.3. The Morgan fingerprint density at radius 2 is 0.727 bits per heavy atom. The summed E-state index contributed by atoms with van der Waals surface area (Å²) in [4.78, 5) is 31.3. The van der Waals surface area contributed by atoms with Crippen molar-refractivity contribution in [2.45, 2.75) is 197 Å². The second kappa shape index (κ2) is 12.5. The van der Waals surface area contributed by atoms with E-state index in [4.69, 9.17) is 9.47 Å². The summed E-state index contributed by atoms with van der Waals surface area (Å²) in [5.74, 6) is -0.310. The number of likely N-dealkylation sites (tertiary alicyclic amines) is 2. The first-order chi connectivity index (χ1) is 19.5. The third-order valence-corrected chi connectivity index (χ3v) is 13.5. The van der Waals surface area contributed by atoms with Crippen molar-refractivity contribution in [1.82, 2.24) is 9.80 Å². The van der Waals surface area contributed by atoms with Crippen molar-refractivity contribution >= 4 is 11.9 Å². The van der Waals surface area contributed by atoms with Gasteiger partial charge in [-0.15, -0.1) is 0 Å². The van der Waals surface area contributed by atoms with Crippen LogP contribution < -0.4 is 0 Å². The topological polar surface area (TPSA) is 59.1 Å². The molecule has 0 aromatic rings. The fourth-order valence-electron chi connectivity index (χ4n) is 7.99. The normalized spacial score (nSPS) is 35.0. The van der Waals surface area contributed by atoms with Gasteiger partial charge in [-0.05, 0) is 76.3 Å². The quantitative estimate of drug-likeness (QED) is 0.209. The maximum absolute atomic E-state index is 13.1. The third-order valence-electron chi connectivity index (χ3n) is 13.5. The van der Waals surface area contributed by atoms with Crippen molar-refractivity contribution in [2.24, 2.45) is 21.7 Å². The highest BCUT2D eigenvalue weighted by Crippen LogP contribution is 2.54. The molecule has 0 saturated carbocycles. The predicted molar refractivity (Wildman–Crippen MR) is 184 cm³/mol. The van der Waals surface area contributed by atoms with Gasteiger partial charge >= 0.3 is 11.9 Å². The largest absolute Gasteiger partial charge is 0.462 e. The molecule has 0 aromatic heterocycles. The Labute approximate surface area is 272 Å². The number of ether oxygens (including phenoxy) is 2. The maximum atomic E-state index is 13.1. The molecule has 6 nitrogen and oxygen atoms in total. The lowest BCUT2D eigenvalue weighted by molar-refractivity contribution is -0.184. The average molecular weight is 621 g/mol. The third kappa shape index (κ3) is 7.37. The number of unbranched alkanes of at least 4 members (excludes halogenated alkanes) is 1. The van der Waals surface area contributed by atoms with E-state index in [-0.39, 0.29) is 68.0 Å². The molecule has 4 atom stereocenters. The van der Waals surface area contributed by atoms with Gasteiger partial charge in [0.2, 0.25) is 0 Å². The van der Waals surface area contributed by atoms with E-state index >= 15 is 0 Å². The molecule has 258 valence electrons. The minimum Gasteiger partial charge on any atom is -0.462 e. The van der Waals surface area contributed by atoms with Crippen LogP contribution in [0.25, 0.3) is 0 Å². The van der Waals surface area contributed by atoms with E-state index in [1.165, 1.54) is 0 Å². The molecule has 0 spiro atoms. The van der Waals surface area contributed by atoms with E-state index in [1.54, 1.807) is 0 Å². The molecule has 0 radical (unpaired) electrons. The zero-order valence-electron chi connectivity index (χ0n) is 32.3. The van der Waals surface area contributed by atoms with Gasteiger partial charge in [-0.3, -0.25) is 19.4 Å². The van der Waals surface area contributed by atoms with Gasteiger partial charge < -0.3 is 9.47 Å². The zero-order chi connectivity index (χ0) is 34.5. The minimum absolute atomic E-state index is 0.0160. The molecule has 6 heteroatoms. The van der Waals surface area contributed by atoms with Crippen LogP contribution in [0.5, 0.6) is 0 Å². The molecule has 0 amide bonds. The monoisotopic (exact) mass is 621 g/mol. The number of esters is 2. The Hall–Kier alpha value is -1.14. The van der Waals surface area contributed by atoms with Gasteiger partial charge in [0.05, 0.1) is 0 Å². The first kappa shape index (κ1) is 39.0. The smallest absolute Gasteiger partial charge is 0.306 e. The first-order valence-corrected chi connectivity index (χ1v) is 17.3. The van der Waals surface area contributed by atoms with E-state index in [0.29, 0.717) is 25.7 Å². The Bertz CT molecular complexity index is 885. The molecular formula is C38H72N2O4. The van der Waals surface area contributed by atoms with E-state index < -0.39 is 0 Å². The van der Waals surface area contributed by atoms with Crippen LogP contribution in [0.1, 0.15) is 162 Å². The second-order valence-corrected chi connectivity index (χ2v) is 19.5. The Balaban J connectivity index is 2.00. The molecule has 0 aromatic carbocycles. The van der Waals surface area contributed by atoms with Crippen molar-refractivity contribution < 1.29 is 19.1 Å². The molecule has 2 aliphatic rings. The van der Waals surface area contributed by atoms with E-state index in [1.807, 2.05) is 0 Å². The summed E-state index contributed by atoms with van der Waals surface area (Å²) in [5, 5.41) is 0. The molecule has 4 unspecified atom stereocenters. The van der Waals surface area contributed by atoms with Crippen molar-refractivity contribution in [3.63, 3.8) is 0 Å². The lowest BCUT2D eigenvalue weighted by atomic mass is 9.59. The van der Waals surface area contributed by atoms with Crippen LogP contribution in [-0.2, 0) is 19.1 Å². The van der Waals surface area contributed by atoms with Crippen LogP contribution in [0, 0.1) is 21.7 Å². The number of hydrogen-bond donors (Lipinski definition) is 0. The highest BCUT2D eigenvalue weighted by atomic mass is 16.5. The summed E-state index contributed by atoms with van der Waals surface area (Å²) in [5.41, 5.74) is -0.428. The van der Waals surface area contributed by atoms with Crippen molar-refractivity contribution in [2.75, 3.05) is 14.1 Å². The first-order valence-electron chi connectivity index (χ1n) is 17.3. The molecule has 44 heavy (non-hydrogen) atoms. The van der Waals surface area contributed by atoms with E-state index in [9.17, 15) is 9.59 Å². The molecule has 2 heterocycles. The summed E-state index contributed by atoms with van der Waals surface area (Å²) >= 11 is 0. The van der Waals surface area contributed by atoms with Gasteiger partial charge in [0, 0.05) is 60.7 Å². The molecule has 0 N–H and O–H groups in total. The lowest BCUT2D eigenvalue weighted by Gasteiger charge is -2.64. The summed E-state index contributed by atoms with van der Waals surface area (Å²) in [6.45, 7) is 36.7. The van der Waals surface area contributed by atoms with Crippen LogP contribution in [0.2, 0.25) is 0 Å². The van der Waals surface area contributed by atoms with Gasteiger partial charge in [-0.1, -0.05) is 83.1 Å². The summed E-state index contributed by atoms with van der Waals surface area (Å²) < 4.78 is 12.4. The summed E-state index contributed by atoms with van der Waals surface area (Å²) in [6, 6.07) is 0. The van der Waals surface area contributed by atoms with Crippen LogP contribution in [0.4, 0.5) is 0 Å². The standard InChI is InChI=1S/C38H72N2O4/c1-31(2,3)35(13)23-27(24-36(14,39(35)17)32(4,5)6)43-29(41)21-19-20-22-30(42)44-28-25-37(15,33(7,8)9)40(18)38(16,26-28)34(10,11)12/h27-28H,19-26H2,1-18H3. The molecule has 2 saturated heterocycles. The van der Waals surface area contributed by atoms with Crippen molar-refractivity contribution in [1.29, 1.82) is 0 Å². The Morgan fingerprint density at radius 1 is 0.523 bits per heavy atom. The molecule has 2 aliphatic heterocycles. The molecule has 0 aliphatic carbocycles. The lowest BCUT2D eigenvalue weighted by Crippen LogP contribution is -2.70. The SMILES string of the molecule is CN1C(C)(C(C)(C)C)CC(OC(=O)CCCCC(=O)OC2CC(C)(C(C)(C)C)N(C)C(C)(C(C)(C)C)C2)CC1(C)C(C)(C)C. The van der Waals surface area contributed by atoms with Gasteiger partial charge in [0.15, 0.2) is 0 Å². The fraction of sp³-hybridized carbons (Fsp3) is 0.947. The highest BCUT2D eigenvalue weighted by Gasteiger charge is 2.59. The highest BCUT2D eigenvalue weighted by molar-refractivity contribution is 5.71. The fourth-order valence-corrected chi connectivity index (χ4v) is 7.99. The number of piperidine rings is 2. The second-order valence-electron chi connectivity index (χ2n) is 19.5. The Kier molecular flexibility index (Phi) is 11.1. The molecule has 2 rings (SSSR count). The van der Waals surface area contributed by atoms with Crippen molar-refractivity contribution in [3.8, 4) is 0 Å². The number of hydrogen-bond acceptors (Lipinski definition) is 6. The minimum atomic E-state index is -0.155. The molecule has 0 bridgehead atoms. The number of nitrogens with zero attached hydrogens (tertiary/aromatic N) is 2. The average Bonchev–Trinajstić information content (AvgIpc) is 2.80. The Morgan fingerprint density at radius 3 is 0.909 bits per heavy atom. The number of rotatable bonds is 7. The van der Waals surface area contributed by atoms with Crippen LogP contribution >= 0.6 is 0 Å². The summed E-state index contributed by atoms with van der Waals surface area (Å²) in [7, 11) is 4.48. The number of carbonyl (C=O) groups excluding carboxylic acids is 2. The summed E-state index contributed by atoms with van der Waals surface area (Å²) in [6.07, 6.45) is 4.91. The van der Waals surface area contributed by atoms with Gasteiger partial charge in [-0.25, -0.2) is 0 Å². The number of carbonyl (C=O) groups is 2. The van der Waals surface area contributed by atoms with Gasteiger partial charge in [0.25, 0.3) is 0 Å². The van der Waals surface area contributed by atoms with Gasteiger partial charge in [-0.2, -0.15) is 0 Å². The van der Waals surface area contributed by atoms with Crippen molar-refractivity contribution in [3.05, 3.63) is 0 Å². The van der Waals surface area contributed by atoms with Crippen LogP contribution in [-0.4, -0.2) is 70.2 Å². The van der Waals surface area contributed by atoms with Crippen LogP contribution in [0.3, 0.4) is 0 Å². The van der Waals surface area contributed by atoms with Crippen LogP contribution in [0.15, 0.2) is 0 Å². The maximum Gasteiger partial charge on any atom is 0.306 e. The van der Waals surface area contributed by atoms with E-state index in [2.05, 4.69) is 135 Å². The molecule has 2 fully saturated rings. The van der Waals surface area contributed by atoms with Gasteiger partial charge in [0.1, 0.15) is 12.2 Å². The van der Waals surface area contributed by atoms with E-state index in [0.717, 1.165) is 25.7 Å². The predicted octanol–water partition coefficient (Wildman–Crippen LogP) is 9.04.